The van der Waals surface area contributed by atoms with Gasteiger partial charge in [-0.3, -0.25) is 0 Å². The maximum Gasteiger partial charge on any atom is 0.136 e. The largest absolute Gasteiger partial charge is 0.456 e. The third-order valence-electron chi connectivity index (χ3n) is 11.9. The second-order valence-electron chi connectivity index (χ2n) is 15.3. The van der Waals surface area contributed by atoms with E-state index in [-0.39, 0.29) is 5.41 Å². The molecule has 0 fully saturated rings. The van der Waals surface area contributed by atoms with Crippen molar-refractivity contribution in [2.45, 2.75) is 19.3 Å². The Hall–Kier alpha value is -6.90. The molecule has 0 radical (unpaired) electrons. The van der Waals surface area contributed by atoms with Crippen LogP contribution in [0.4, 0.5) is 17.1 Å². The van der Waals surface area contributed by atoms with Crippen LogP contribution in [-0.4, -0.2) is 0 Å². The highest BCUT2D eigenvalue weighted by atomic mass is 16.3. The van der Waals surface area contributed by atoms with E-state index in [1.165, 1.54) is 54.9 Å². The van der Waals surface area contributed by atoms with Crippen LogP contribution in [0.25, 0.3) is 76.9 Å². The van der Waals surface area contributed by atoms with E-state index < -0.39 is 0 Å². The lowest BCUT2D eigenvalue weighted by Gasteiger charge is -2.29. The number of para-hydroxylation sites is 1. The first-order chi connectivity index (χ1) is 27.0. The lowest BCUT2D eigenvalue weighted by molar-refractivity contribution is 0.660. The summed E-state index contributed by atoms with van der Waals surface area (Å²) in [7, 11) is 0. The number of hydrogen-bond donors (Lipinski definition) is 0. The Kier molecular flexibility index (Phi) is 6.93. The second kappa shape index (κ2) is 12.1. The lowest BCUT2D eigenvalue weighted by Crippen LogP contribution is -2.16. The van der Waals surface area contributed by atoms with Crippen LogP contribution in [0.3, 0.4) is 0 Å². The fourth-order valence-electron chi connectivity index (χ4n) is 9.13. The van der Waals surface area contributed by atoms with Crippen LogP contribution >= 0.6 is 0 Å². The van der Waals surface area contributed by atoms with Gasteiger partial charge in [0.05, 0.1) is 5.69 Å². The minimum Gasteiger partial charge on any atom is -0.456 e. The number of fused-ring (bicyclic) bond motifs is 9. The van der Waals surface area contributed by atoms with Gasteiger partial charge in [-0.2, -0.15) is 0 Å². The highest BCUT2D eigenvalue weighted by Gasteiger charge is 2.36. The molecule has 1 heterocycles. The monoisotopic (exact) mass is 703 g/mol. The number of anilines is 3. The third-order valence-corrected chi connectivity index (χ3v) is 11.9. The highest BCUT2D eigenvalue weighted by molar-refractivity contribution is 6.15. The predicted octanol–water partition coefficient (Wildman–Crippen LogP) is 15.0. The van der Waals surface area contributed by atoms with Crippen molar-refractivity contribution in [3.8, 4) is 33.4 Å². The van der Waals surface area contributed by atoms with Crippen molar-refractivity contribution >= 4 is 60.5 Å². The highest BCUT2D eigenvalue weighted by Crippen LogP contribution is 2.51. The molecule has 10 aromatic rings. The summed E-state index contributed by atoms with van der Waals surface area (Å²) in [4.78, 5) is 2.46. The smallest absolute Gasteiger partial charge is 0.136 e. The van der Waals surface area contributed by atoms with E-state index >= 15 is 0 Å². The van der Waals surface area contributed by atoms with Crippen molar-refractivity contribution in [3.05, 3.63) is 199 Å². The van der Waals surface area contributed by atoms with Gasteiger partial charge in [-0.25, -0.2) is 0 Å². The van der Waals surface area contributed by atoms with E-state index in [4.69, 9.17) is 4.42 Å². The van der Waals surface area contributed by atoms with Crippen LogP contribution < -0.4 is 4.90 Å². The van der Waals surface area contributed by atoms with Crippen molar-refractivity contribution in [3.63, 3.8) is 0 Å². The van der Waals surface area contributed by atoms with E-state index in [1.54, 1.807) is 0 Å². The molecule has 2 nitrogen and oxygen atoms in total. The molecular formula is C53H37NO. The molecule has 1 aliphatic rings. The minimum absolute atomic E-state index is 0.119. The fourth-order valence-corrected chi connectivity index (χ4v) is 9.13. The number of rotatable bonds is 5. The molecule has 2 heteroatoms. The van der Waals surface area contributed by atoms with Gasteiger partial charge in [0.2, 0.25) is 0 Å². The summed E-state index contributed by atoms with van der Waals surface area (Å²) in [5, 5.41) is 7.21. The first-order valence-corrected chi connectivity index (χ1v) is 19.1. The van der Waals surface area contributed by atoms with Gasteiger partial charge in [0.15, 0.2) is 0 Å². The number of nitrogens with zero attached hydrogens (tertiary/aromatic N) is 1. The van der Waals surface area contributed by atoms with Crippen molar-refractivity contribution in [1.82, 2.24) is 0 Å². The van der Waals surface area contributed by atoms with E-state index in [9.17, 15) is 0 Å². The fraction of sp³-hybridized carbons (Fsp3) is 0.0566. The first kappa shape index (κ1) is 31.6. The van der Waals surface area contributed by atoms with Crippen LogP contribution in [0, 0.1) is 0 Å². The summed E-state index contributed by atoms with van der Waals surface area (Å²) in [6, 6.07) is 68.5. The first-order valence-electron chi connectivity index (χ1n) is 19.1. The van der Waals surface area contributed by atoms with Gasteiger partial charge in [0.1, 0.15) is 11.2 Å². The Morgan fingerprint density at radius 1 is 0.382 bits per heavy atom. The SMILES string of the molecule is CC1(C)c2ccccc2-c2ccc(N(c3ccc(-c4cc5oc6ccccc6c5cc4-c4ccccc4)cc3)c3cc4ccccc4c4ccccc34)cc21. The zero-order valence-corrected chi connectivity index (χ0v) is 30.8. The van der Waals surface area contributed by atoms with E-state index in [2.05, 4.69) is 201 Å². The summed E-state index contributed by atoms with van der Waals surface area (Å²) >= 11 is 0. The van der Waals surface area contributed by atoms with Crippen molar-refractivity contribution < 1.29 is 4.42 Å². The molecule has 260 valence electrons. The molecule has 0 atom stereocenters. The topological polar surface area (TPSA) is 16.4 Å². The van der Waals surface area contributed by atoms with Gasteiger partial charge < -0.3 is 9.32 Å². The van der Waals surface area contributed by atoms with E-state index in [1.807, 2.05) is 6.07 Å². The summed E-state index contributed by atoms with van der Waals surface area (Å²) in [6.07, 6.45) is 0. The Bertz CT molecular complexity index is 3110. The molecule has 1 aromatic heterocycles. The normalized spacial score (nSPS) is 13.1. The standard InChI is InChI=1S/C53H37NO/c1-53(2)48-22-12-10-19-41(48)42-29-28-38(31-49(42)53)54(50-30-36-16-6-7-17-39(36)40-18-8-9-20-43(40)50)37-26-24-35(25-27-37)46-33-52-47(44-21-11-13-23-51(44)55-52)32-45(46)34-14-4-3-5-15-34/h3-33H,1-2H3. The van der Waals surface area contributed by atoms with Gasteiger partial charge in [-0.05, 0) is 109 Å². The summed E-state index contributed by atoms with van der Waals surface area (Å²) in [6.45, 7) is 4.71. The Balaban J connectivity index is 1.12. The average Bonchev–Trinajstić information content (AvgIpc) is 3.72. The zero-order chi connectivity index (χ0) is 36.7. The zero-order valence-electron chi connectivity index (χ0n) is 30.8. The van der Waals surface area contributed by atoms with Crippen LogP contribution in [0.2, 0.25) is 0 Å². The molecule has 1 aliphatic carbocycles. The second-order valence-corrected chi connectivity index (χ2v) is 15.3. The Morgan fingerprint density at radius 2 is 1.00 bits per heavy atom. The molecular weight excluding hydrogens is 667 g/mol. The van der Waals surface area contributed by atoms with E-state index in [0.29, 0.717) is 0 Å². The minimum atomic E-state index is -0.119. The molecule has 55 heavy (non-hydrogen) atoms. The number of benzene rings is 9. The molecule has 11 rings (SSSR count). The molecule has 0 unspecified atom stereocenters. The summed E-state index contributed by atoms with van der Waals surface area (Å²) in [5.41, 5.74) is 15.1. The van der Waals surface area contributed by atoms with Crippen LogP contribution in [0.5, 0.6) is 0 Å². The quantitative estimate of drug-likeness (QED) is 0.166. The maximum atomic E-state index is 6.43. The van der Waals surface area contributed by atoms with Crippen LogP contribution in [0.1, 0.15) is 25.0 Å². The number of furan rings is 1. The molecule has 0 saturated carbocycles. The van der Waals surface area contributed by atoms with Gasteiger partial charge in [0, 0.05) is 32.9 Å². The molecule has 0 aliphatic heterocycles. The van der Waals surface area contributed by atoms with Crippen molar-refractivity contribution in [2.75, 3.05) is 4.90 Å². The average molecular weight is 704 g/mol. The van der Waals surface area contributed by atoms with Crippen LogP contribution in [-0.2, 0) is 5.41 Å². The summed E-state index contributed by atoms with van der Waals surface area (Å²) in [5.74, 6) is 0. The molecule has 0 bridgehead atoms. The Labute approximate surface area is 320 Å². The molecule has 9 aromatic carbocycles. The Morgan fingerprint density at radius 3 is 1.84 bits per heavy atom. The lowest BCUT2D eigenvalue weighted by atomic mass is 9.82. The third kappa shape index (κ3) is 4.88. The van der Waals surface area contributed by atoms with Crippen molar-refractivity contribution in [2.24, 2.45) is 0 Å². The summed E-state index contributed by atoms with van der Waals surface area (Å²) < 4.78 is 6.43. The van der Waals surface area contributed by atoms with Gasteiger partial charge in [0.25, 0.3) is 0 Å². The molecule has 0 spiro atoms. The predicted molar refractivity (Wildman–Crippen MR) is 232 cm³/mol. The molecule has 0 saturated heterocycles. The van der Waals surface area contributed by atoms with Gasteiger partial charge in [-0.15, -0.1) is 0 Å². The molecule has 0 amide bonds. The van der Waals surface area contributed by atoms with Crippen molar-refractivity contribution in [1.29, 1.82) is 0 Å². The van der Waals surface area contributed by atoms with Gasteiger partial charge >= 0.3 is 0 Å². The van der Waals surface area contributed by atoms with Crippen LogP contribution in [0.15, 0.2) is 192 Å². The maximum absolute atomic E-state index is 6.43. The van der Waals surface area contributed by atoms with Gasteiger partial charge in [-0.1, -0.05) is 153 Å². The molecule has 0 N–H and O–H groups in total. The number of hydrogen-bond acceptors (Lipinski definition) is 2. The van der Waals surface area contributed by atoms with E-state index in [0.717, 1.165) is 50.1 Å².